The fraction of sp³-hybridized carbons (Fsp3) is 0.385. The summed E-state index contributed by atoms with van der Waals surface area (Å²) in [7, 11) is -3.21. The summed E-state index contributed by atoms with van der Waals surface area (Å²) < 4.78 is 39.2. The summed E-state index contributed by atoms with van der Waals surface area (Å²) >= 11 is 0. The quantitative estimate of drug-likeness (QED) is 0.780. The van der Waals surface area contributed by atoms with Crippen molar-refractivity contribution in [1.82, 2.24) is 0 Å². The van der Waals surface area contributed by atoms with Gasteiger partial charge in [0.2, 0.25) is 5.91 Å². The number of rotatable bonds is 4. The first kappa shape index (κ1) is 15.3. The van der Waals surface area contributed by atoms with E-state index in [4.69, 9.17) is 10.00 Å². The molecule has 0 N–H and O–H groups in total. The lowest BCUT2D eigenvalue weighted by Gasteiger charge is -2.19. The topological polar surface area (TPSA) is 87.5 Å². The molecule has 1 aromatic rings. The minimum Gasteiger partial charge on any atom is -0.495 e. The Labute approximate surface area is 121 Å². The zero-order chi connectivity index (χ0) is 15.6. The standard InChI is InChI=1S/C13H13FN2O4S/c1-20-12-4-9(6-15)2-3-11(12)16-7-10(5-13(16)17)8-21(14,18)19/h2-4,10H,5,7-8H2,1H3. The predicted octanol–water partition coefficient (Wildman–Crippen LogP) is 1.22. The molecule has 1 heterocycles. The Morgan fingerprint density at radius 1 is 1.52 bits per heavy atom. The Morgan fingerprint density at radius 2 is 2.24 bits per heavy atom. The Morgan fingerprint density at radius 3 is 2.81 bits per heavy atom. The summed E-state index contributed by atoms with van der Waals surface area (Å²) in [6.45, 7) is 0.101. The maximum absolute atomic E-state index is 12.7. The first-order valence-corrected chi connectivity index (χ1v) is 7.70. The van der Waals surface area contributed by atoms with Crippen molar-refractivity contribution in [2.45, 2.75) is 6.42 Å². The van der Waals surface area contributed by atoms with Crippen molar-refractivity contribution in [2.24, 2.45) is 5.92 Å². The molecule has 6 nitrogen and oxygen atoms in total. The highest BCUT2D eigenvalue weighted by molar-refractivity contribution is 7.86. The van der Waals surface area contributed by atoms with E-state index < -0.39 is 21.9 Å². The number of anilines is 1. The molecule has 21 heavy (non-hydrogen) atoms. The number of amides is 1. The first-order valence-electron chi connectivity index (χ1n) is 6.15. The van der Waals surface area contributed by atoms with E-state index >= 15 is 0 Å². The van der Waals surface area contributed by atoms with Crippen molar-refractivity contribution in [2.75, 3.05) is 24.3 Å². The molecule has 1 fully saturated rings. The first-order chi connectivity index (χ1) is 9.84. The lowest BCUT2D eigenvalue weighted by molar-refractivity contribution is -0.117. The highest BCUT2D eigenvalue weighted by Crippen LogP contribution is 2.34. The van der Waals surface area contributed by atoms with Crippen LogP contribution < -0.4 is 9.64 Å². The molecule has 0 spiro atoms. The molecule has 1 aliphatic rings. The van der Waals surface area contributed by atoms with Crippen LogP contribution in [0.3, 0.4) is 0 Å². The summed E-state index contributed by atoms with van der Waals surface area (Å²) in [5.74, 6) is -1.22. The zero-order valence-electron chi connectivity index (χ0n) is 11.2. The summed E-state index contributed by atoms with van der Waals surface area (Å²) in [5, 5.41) is 8.84. The van der Waals surface area contributed by atoms with Gasteiger partial charge >= 0.3 is 10.2 Å². The van der Waals surface area contributed by atoms with Gasteiger partial charge in [0.25, 0.3) is 0 Å². The molecule has 0 saturated carbocycles. The highest BCUT2D eigenvalue weighted by Gasteiger charge is 2.34. The molecule has 0 bridgehead atoms. The van der Waals surface area contributed by atoms with Crippen molar-refractivity contribution in [1.29, 1.82) is 5.26 Å². The van der Waals surface area contributed by atoms with Crippen LogP contribution >= 0.6 is 0 Å². The largest absolute Gasteiger partial charge is 0.495 e. The van der Waals surface area contributed by atoms with Gasteiger partial charge in [-0.05, 0) is 12.1 Å². The van der Waals surface area contributed by atoms with E-state index in [-0.39, 0.29) is 18.9 Å². The third-order valence-electron chi connectivity index (χ3n) is 3.24. The second-order valence-corrected chi connectivity index (χ2v) is 6.19. The van der Waals surface area contributed by atoms with E-state index in [1.807, 2.05) is 6.07 Å². The molecule has 0 radical (unpaired) electrons. The normalized spacial score (nSPS) is 18.6. The second-order valence-electron chi connectivity index (χ2n) is 4.78. The fourth-order valence-electron chi connectivity index (χ4n) is 2.38. The minimum absolute atomic E-state index is 0.0354. The summed E-state index contributed by atoms with van der Waals surface area (Å²) in [4.78, 5) is 13.3. The van der Waals surface area contributed by atoms with Crippen molar-refractivity contribution < 1.29 is 21.8 Å². The van der Waals surface area contributed by atoms with Crippen LogP contribution in [0.4, 0.5) is 9.57 Å². The average molecular weight is 312 g/mol. The highest BCUT2D eigenvalue weighted by atomic mass is 32.3. The maximum atomic E-state index is 12.7. The van der Waals surface area contributed by atoms with Crippen LogP contribution in [0.15, 0.2) is 18.2 Å². The molecule has 8 heteroatoms. The van der Waals surface area contributed by atoms with Crippen LogP contribution in [-0.2, 0) is 15.0 Å². The molecule has 112 valence electrons. The van der Waals surface area contributed by atoms with Gasteiger partial charge in [0.15, 0.2) is 0 Å². The minimum atomic E-state index is -4.62. The molecule has 1 aliphatic heterocycles. The SMILES string of the molecule is COc1cc(C#N)ccc1N1CC(CS(=O)(=O)F)CC1=O. The number of benzene rings is 1. The number of carbonyl (C=O) groups is 1. The Balaban J connectivity index is 2.27. The van der Waals surface area contributed by atoms with Gasteiger partial charge < -0.3 is 9.64 Å². The van der Waals surface area contributed by atoms with Crippen LogP contribution in [0.2, 0.25) is 0 Å². The van der Waals surface area contributed by atoms with Gasteiger partial charge in [-0.25, -0.2) is 0 Å². The molecule has 1 amide bonds. The van der Waals surface area contributed by atoms with Crippen molar-refractivity contribution in [3.63, 3.8) is 0 Å². The van der Waals surface area contributed by atoms with Gasteiger partial charge in [-0.2, -0.15) is 13.7 Å². The number of nitrogens with zero attached hydrogens (tertiary/aromatic N) is 2. The predicted molar refractivity (Wildman–Crippen MR) is 73.1 cm³/mol. The van der Waals surface area contributed by atoms with Gasteiger partial charge in [0.1, 0.15) is 5.75 Å². The Hall–Kier alpha value is -2.14. The molecular weight excluding hydrogens is 299 g/mol. The van der Waals surface area contributed by atoms with Crippen LogP contribution in [-0.4, -0.2) is 33.7 Å². The van der Waals surface area contributed by atoms with Crippen LogP contribution in [0.5, 0.6) is 5.75 Å². The van der Waals surface area contributed by atoms with Crippen molar-refractivity contribution in [3.05, 3.63) is 23.8 Å². The fourth-order valence-corrected chi connectivity index (χ4v) is 3.16. The summed E-state index contributed by atoms with van der Waals surface area (Å²) in [6.07, 6.45) is -0.0354. The third kappa shape index (κ3) is 3.49. The number of halogens is 1. The molecule has 0 aliphatic carbocycles. The number of hydrogen-bond donors (Lipinski definition) is 0. The average Bonchev–Trinajstić information content (AvgIpc) is 2.76. The molecule has 2 rings (SSSR count). The molecule has 1 unspecified atom stereocenters. The van der Waals surface area contributed by atoms with Crippen LogP contribution in [0.25, 0.3) is 0 Å². The maximum Gasteiger partial charge on any atom is 0.302 e. The monoisotopic (exact) mass is 312 g/mol. The number of methoxy groups -OCH3 is 1. The van der Waals surface area contributed by atoms with E-state index in [2.05, 4.69) is 0 Å². The number of hydrogen-bond acceptors (Lipinski definition) is 5. The number of nitriles is 1. The van der Waals surface area contributed by atoms with E-state index in [0.717, 1.165) is 0 Å². The van der Waals surface area contributed by atoms with Gasteiger partial charge in [-0.1, -0.05) is 0 Å². The van der Waals surface area contributed by atoms with E-state index in [0.29, 0.717) is 17.0 Å². The molecular formula is C13H13FN2O4S. The van der Waals surface area contributed by atoms with Gasteiger partial charge in [0, 0.05) is 24.9 Å². The van der Waals surface area contributed by atoms with Crippen molar-refractivity contribution in [3.8, 4) is 11.8 Å². The van der Waals surface area contributed by atoms with E-state index in [1.165, 1.54) is 24.1 Å². The van der Waals surface area contributed by atoms with E-state index in [9.17, 15) is 17.1 Å². The Kier molecular flexibility index (Phi) is 4.14. The van der Waals surface area contributed by atoms with Crippen molar-refractivity contribution >= 4 is 21.8 Å². The van der Waals surface area contributed by atoms with Crippen LogP contribution in [0.1, 0.15) is 12.0 Å². The summed E-state index contributed by atoms with van der Waals surface area (Å²) in [6, 6.07) is 6.54. The summed E-state index contributed by atoms with van der Waals surface area (Å²) in [5.41, 5.74) is 0.824. The zero-order valence-corrected chi connectivity index (χ0v) is 12.1. The lowest BCUT2D eigenvalue weighted by atomic mass is 10.1. The number of ether oxygens (including phenoxy) is 1. The van der Waals surface area contributed by atoms with Gasteiger partial charge in [-0.3, -0.25) is 4.79 Å². The lowest BCUT2D eigenvalue weighted by Crippen LogP contribution is -2.25. The van der Waals surface area contributed by atoms with Crippen LogP contribution in [0, 0.1) is 17.2 Å². The Bertz CT molecular complexity index is 711. The third-order valence-corrected chi connectivity index (χ3v) is 4.11. The van der Waals surface area contributed by atoms with Gasteiger partial charge in [0.05, 0.1) is 30.2 Å². The smallest absolute Gasteiger partial charge is 0.302 e. The van der Waals surface area contributed by atoms with E-state index in [1.54, 1.807) is 6.07 Å². The molecule has 1 atom stereocenters. The van der Waals surface area contributed by atoms with Gasteiger partial charge in [-0.15, -0.1) is 3.89 Å². The second kappa shape index (κ2) is 5.69. The molecule has 1 aromatic carbocycles. The molecule has 0 aromatic heterocycles. The molecule has 1 saturated heterocycles. The number of carbonyl (C=O) groups excluding carboxylic acids is 1.